The second-order valence-corrected chi connectivity index (χ2v) is 2.78. The van der Waals surface area contributed by atoms with Crippen molar-refractivity contribution in [2.45, 2.75) is 19.5 Å². The summed E-state index contributed by atoms with van der Waals surface area (Å²) in [6, 6.07) is 0. The molecule has 0 aliphatic carbocycles. The van der Waals surface area contributed by atoms with Gasteiger partial charge in [-0.3, -0.25) is 0 Å². The van der Waals surface area contributed by atoms with Crippen molar-refractivity contribution in [3.8, 4) is 0 Å². The maximum Gasteiger partial charge on any atom is 0.352 e. The van der Waals surface area contributed by atoms with Crippen molar-refractivity contribution in [3.63, 3.8) is 0 Å². The van der Waals surface area contributed by atoms with Crippen LogP contribution in [0.2, 0.25) is 0 Å². The predicted octanol–water partition coefficient (Wildman–Crippen LogP) is 2.44. The Labute approximate surface area is 66.9 Å². The van der Waals surface area contributed by atoms with Crippen LogP contribution in [0.5, 0.6) is 0 Å². The van der Waals surface area contributed by atoms with Crippen molar-refractivity contribution < 1.29 is 13.5 Å². The van der Waals surface area contributed by atoms with E-state index in [0.717, 1.165) is 11.4 Å². The molecular formula is C5H9F2IO. The molecule has 0 spiro atoms. The zero-order valence-electron chi connectivity index (χ0n) is 5.16. The van der Waals surface area contributed by atoms with Gasteiger partial charge in [-0.05, 0) is 6.42 Å². The lowest BCUT2D eigenvalue weighted by molar-refractivity contribution is -0.223. The van der Waals surface area contributed by atoms with Gasteiger partial charge in [0.15, 0.2) is 0 Å². The van der Waals surface area contributed by atoms with Crippen LogP contribution in [0, 0.1) is 0 Å². The van der Waals surface area contributed by atoms with E-state index in [1.54, 1.807) is 0 Å². The molecule has 0 N–H and O–H groups in total. The van der Waals surface area contributed by atoms with Crippen molar-refractivity contribution in [1.82, 2.24) is 0 Å². The molecular weight excluding hydrogens is 241 g/mol. The van der Waals surface area contributed by atoms with E-state index in [9.17, 15) is 8.78 Å². The van der Waals surface area contributed by atoms with E-state index in [2.05, 4.69) is 27.3 Å². The van der Waals surface area contributed by atoms with Crippen molar-refractivity contribution in [3.05, 3.63) is 0 Å². The van der Waals surface area contributed by atoms with Gasteiger partial charge in [-0.2, -0.15) is 8.78 Å². The van der Waals surface area contributed by atoms with E-state index in [0.29, 0.717) is 6.42 Å². The van der Waals surface area contributed by atoms with E-state index >= 15 is 0 Å². The molecule has 9 heavy (non-hydrogen) atoms. The van der Waals surface area contributed by atoms with Crippen LogP contribution in [0.3, 0.4) is 0 Å². The van der Waals surface area contributed by atoms with Crippen molar-refractivity contribution in [1.29, 1.82) is 0 Å². The number of ether oxygens (including phenoxy) is 1. The lowest BCUT2D eigenvalue weighted by atomic mass is 10.5. The molecule has 0 bridgehead atoms. The smallest absolute Gasteiger partial charge is 0.321 e. The molecule has 0 unspecified atom stereocenters. The van der Waals surface area contributed by atoms with Gasteiger partial charge in [0.1, 0.15) is 0 Å². The van der Waals surface area contributed by atoms with Crippen LogP contribution in [0.25, 0.3) is 0 Å². The minimum Gasteiger partial charge on any atom is -0.321 e. The molecule has 0 aromatic rings. The number of rotatable bonds is 4. The zero-order chi connectivity index (χ0) is 7.33. The highest BCUT2D eigenvalue weighted by molar-refractivity contribution is 14.1. The Morgan fingerprint density at radius 2 is 2.11 bits per heavy atom. The van der Waals surface area contributed by atoms with E-state index in [4.69, 9.17) is 0 Å². The lowest BCUT2D eigenvalue weighted by Gasteiger charge is -2.09. The van der Waals surface area contributed by atoms with Crippen molar-refractivity contribution in [2.75, 3.05) is 11.0 Å². The summed E-state index contributed by atoms with van der Waals surface area (Å²) < 4.78 is 28.6. The first-order valence-corrected chi connectivity index (χ1v) is 4.16. The predicted molar refractivity (Wildman–Crippen MR) is 40.1 cm³/mol. The molecule has 1 nitrogen and oxygen atoms in total. The van der Waals surface area contributed by atoms with Gasteiger partial charge in [-0.1, -0.05) is 22.6 Å². The normalized spacial score (nSPS) is 12.0. The number of hydrogen-bond donors (Lipinski definition) is 0. The third-order valence-corrected chi connectivity index (χ3v) is 1.40. The summed E-state index contributed by atoms with van der Waals surface area (Å²) in [5, 5.41) is 0. The molecule has 0 aromatic carbocycles. The first-order valence-electron chi connectivity index (χ1n) is 2.64. The Balaban J connectivity index is 3.07. The monoisotopic (exact) mass is 250 g/mol. The maximum absolute atomic E-state index is 11.8. The summed E-state index contributed by atoms with van der Waals surface area (Å²) in [6.07, 6.45) is -2.27. The molecule has 0 aliphatic rings. The Bertz CT molecular complexity index is 71.8. The fourth-order valence-corrected chi connectivity index (χ4v) is 0.617. The van der Waals surface area contributed by atoms with Crippen LogP contribution in [0.4, 0.5) is 8.78 Å². The molecule has 0 amide bonds. The summed E-state index contributed by atoms with van der Waals surface area (Å²) >= 11 is 2.11. The molecule has 0 aromatic heterocycles. The van der Waals surface area contributed by atoms with Crippen LogP contribution in [-0.4, -0.2) is 17.1 Å². The molecule has 0 saturated heterocycles. The molecule has 0 aliphatic heterocycles. The van der Waals surface area contributed by atoms with Crippen LogP contribution in [0.15, 0.2) is 0 Å². The highest BCUT2D eigenvalue weighted by atomic mass is 127. The first kappa shape index (κ1) is 9.55. The highest BCUT2D eigenvalue weighted by Crippen LogP contribution is 2.13. The fourth-order valence-electron chi connectivity index (χ4n) is 0.306. The first-order chi connectivity index (χ1) is 4.06. The largest absolute Gasteiger partial charge is 0.352 e. The SMILES string of the molecule is CC(F)(F)OCCCI. The van der Waals surface area contributed by atoms with Crippen molar-refractivity contribution in [2.24, 2.45) is 0 Å². The topological polar surface area (TPSA) is 9.23 Å². The Morgan fingerprint density at radius 3 is 2.44 bits per heavy atom. The summed E-state index contributed by atoms with van der Waals surface area (Å²) in [7, 11) is 0. The van der Waals surface area contributed by atoms with E-state index < -0.39 is 6.11 Å². The van der Waals surface area contributed by atoms with Crippen LogP contribution < -0.4 is 0 Å². The summed E-state index contributed by atoms with van der Waals surface area (Å²) in [6.45, 7) is 0.895. The number of halogens is 3. The number of hydrogen-bond acceptors (Lipinski definition) is 1. The second-order valence-electron chi connectivity index (χ2n) is 1.70. The van der Waals surface area contributed by atoms with E-state index in [1.165, 1.54) is 0 Å². The fraction of sp³-hybridized carbons (Fsp3) is 1.00. The molecule has 0 saturated carbocycles. The molecule has 0 rings (SSSR count). The molecule has 0 radical (unpaired) electrons. The average molecular weight is 250 g/mol. The van der Waals surface area contributed by atoms with Gasteiger partial charge in [-0.15, -0.1) is 0 Å². The number of alkyl halides is 3. The summed E-state index contributed by atoms with van der Waals surface area (Å²) in [5.41, 5.74) is 0. The minimum atomic E-state index is -2.95. The van der Waals surface area contributed by atoms with E-state index in [1.807, 2.05) is 0 Å². The average Bonchev–Trinajstić information content (AvgIpc) is 1.63. The zero-order valence-corrected chi connectivity index (χ0v) is 7.32. The van der Waals surface area contributed by atoms with Gasteiger partial charge < -0.3 is 4.74 Å². The van der Waals surface area contributed by atoms with Gasteiger partial charge in [0.25, 0.3) is 0 Å². The molecule has 0 atom stereocenters. The van der Waals surface area contributed by atoms with Gasteiger partial charge in [0.05, 0.1) is 6.61 Å². The van der Waals surface area contributed by atoms with Crippen molar-refractivity contribution >= 4 is 22.6 Å². The maximum atomic E-state index is 11.8. The summed E-state index contributed by atoms with van der Waals surface area (Å²) in [5.74, 6) is 0. The second kappa shape index (κ2) is 4.38. The molecule has 0 heterocycles. The standard InChI is InChI=1S/C5H9F2IO/c1-5(6,7)9-4-2-3-8/h2-4H2,1H3. The van der Waals surface area contributed by atoms with Gasteiger partial charge >= 0.3 is 6.11 Å². The van der Waals surface area contributed by atoms with Crippen LogP contribution in [0.1, 0.15) is 13.3 Å². The Hall–Kier alpha value is 0.550. The molecule has 4 heteroatoms. The van der Waals surface area contributed by atoms with Crippen LogP contribution in [-0.2, 0) is 4.74 Å². The minimum absolute atomic E-state index is 0.145. The Morgan fingerprint density at radius 1 is 1.56 bits per heavy atom. The van der Waals surface area contributed by atoms with E-state index in [-0.39, 0.29) is 6.61 Å². The highest BCUT2D eigenvalue weighted by Gasteiger charge is 2.20. The van der Waals surface area contributed by atoms with Gasteiger partial charge in [0, 0.05) is 11.4 Å². The molecule has 0 fully saturated rings. The third-order valence-electron chi connectivity index (χ3n) is 0.633. The lowest BCUT2D eigenvalue weighted by Crippen LogP contribution is -2.15. The molecule has 56 valence electrons. The quantitative estimate of drug-likeness (QED) is 0.423. The van der Waals surface area contributed by atoms with Gasteiger partial charge in [0.2, 0.25) is 0 Å². The Kier molecular flexibility index (Phi) is 4.65. The van der Waals surface area contributed by atoms with Crippen LogP contribution >= 0.6 is 22.6 Å². The van der Waals surface area contributed by atoms with Gasteiger partial charge in [-0.25, -0.2) is 0 Å². The third kappa shape index (κ3) is 8.55. The summed E-state index contributed by atoms with van der Waals surface area (Å²) in [4.78, 5) is 0.